The molecule has 10 heavy (non-hydrogen) atoms. The number of hydrogen-bond acceptors (Lipinski definition) is 2. The van der Waals surface area contributed by atoms with E-state index in [1.54, 1.807) is 6.20 Å². The molecule has 0 aliphatic heterocycles. The summed E-state index contributed by atoms with van der Waals surface area (Å²) in [6, 6.07) is 0. The quantitative estimate of drug-likeness (QED) is 0.639. The number of nitrogens with zero attached hydrogens (tertiary/aromatic N) is 1. The van der Waals surface area contributed by atoms with Crippen LogP contribution in [0.4, 0.5) is 10.1 Å². The molecule has 0 saturated heterocycles. The van der Waals surface area contributed by atoms with Gasteiger partial charge in [-0.2, -0.15) is 0 Å². The lowest BCUT2D eigenvalue weighted by Crippen LogP contribution is -1.97. The summed E-state index contributed by atoms with van der Waals surface area (Å²) in [4.78, 5) is 3.66. The normalized spacial score (nSPS) is 9.80. The fourth-order valence-corrected chi connectivity index (χ4v) is 0.767. The molecule has 0 amide bonds. The maximum atomic E-state index is 12.6. The van der Waals surface area contributed by atoms with Crippen molar-refractivity contribution in [2.75, 3.05) is 5.73 Å². The lowest BCUT2D eigenvalue weighted by atomic mass is 10.2. The van der Waals surface area contributed by atoms with Crippen LogP contribution >= 0.6 is 0 Å². The zero-order chi connectivity index (χ0) is 7.56. The molecule has 0 bridgehead atoms. The molecule has 2 N–H and O–H groups in total. The number of pyridine rings is 1. The molecule has 0 saturated carbocycles. The van der Waals surface area contributed by atoms with E-state index in [9.17, 15) is 4.39 Å². The first-order chi connectivity index (χ1) is 4.75. The van der Waals surface area contributed by atoms with E-state index in [4.69, 9.17) is 5.73 Å². The Balaban J connectivity index is 3.14. The van der Waals surface area contributed by atoms with E-state index in [2.05, 4.69) is 4.98 Å². The molecule has 3 heteroatoms. The van der Waals surface area contributed by atoms with Gasteiger partial charge in [-0.15, -0.1) is 0 Å². The number of nitrogens with two attached hydrogens (primary N) is 1. The van der Waals surface area contributed by atoms with Crippen molar-refractivity contribution in [3.63, 3.8) is 0 Å². The standard InChI is InChI=1S/C7H9FN2/c1-2-5-3-10-4-6(8)7(5)9/h3-4H,2H2,1H3,(H2,9,10). The van der Waals surface area contributed by atoms with Crippen molar-refractivity contribution in [1.82, 2.24) is 4.98 Å². The second-order valence-corrected chi connectivity index (χ2v) is 2.05. The number of halogens is 1. The highest BCUT2D eigenvalue weighted by Crippen LogP contribution is 2.13. The van der Waals surface area contributed by atoms with Crippen molar-refractivity contribution in [2.45, 2.75) is 13.3 Å². The van der Waals surface area contributed by atoms with Crippen LogP contribution in [0.1, 0.15) is 12.5 Å². The Hall–Kier alpha value is -1.12. The zero-order valence-corrected chi connectivity index (χ0v) is 5.76. The average Bonchev–Trinajstić information content (AvgIpc) is 1.95. The van der Waals surface area contributed by atoms with Crippen LogP contribution in [0.2, 0.25) is 0 Å². The molecule has 1 heterocycles. The third-order valence-electron chi connectivity index (χ3n) is 1.40. The topological polar surface area (TPSA) is 38.9 Å². The minimum atomic E-state index is -0.431. The molecule has 1 aromatic heterocycles. The molecule has 0 radical (unpaired) electrons. The third-order valence-corrected chi connectivity index (χ3v) is 1.40. The van der Waals surface area contributed by atoms with Crippen LogP contribution in [0.5, 0.6) is 0 Å². The Labute approximate surface area is 58.9 Å². The Kier molecular flexibility index (Phi) is 1.85. The number of nitrogen functional groups attached to an aromatic ring is 1. The van der Waals surface area contributed by atoms with Gasteiger partial charge in [-0.1, -0.05) is 6.92 Å². The molecule has 0 aliphatic carbocycles. The maximum absolute atomic E-state index is 12.6. The zero-order valence-electron chi connectivity index (χ0n) is 5.76. The van der Waals surface area contributed by atoms with Crippen LogP contribution in [-0.4, -0.2) is 4.98 Å². The fourth-order valence-electron chi connectivity index (χ4n) is 0.767. The van der Waals surface area contributed by atoms with Crippen molar-refractivity contribution in [1.29, 1.82) is 0 Å². The molecule has 0 unspecified atom stereocenters. The van der Waals surface area contributed by atoms with Gasteiger partial charge in [-0.05, 0) is 12.0 Å². The predicted octanol–water partition coefficient (Wildman–Crippen LogP) is 1.37. The summed E-state index contributed by atoms with van der Waals surface area (Å²) >= 11 is 0. The summed E-state index contributed by atoms with van der Waals surface area (Å²) in [5.74, 6) is -0.431. The molecule has 2 nitrogen and oxygen atoms in total. The summed E-state index contributed by atoms with van der Waals surface area (Å²) < 4.78 is 12.6. The summed E-state index contributed by atoms with van der Waals surface area (Å²) in [5, 5.41) is 0. The summed E-state index contributed by atoms with van der Waals surface area (Å²) in [7, 11) is 0. The van der Waals surface area contributed by atoms with E-state index >= 15 is 0 Å². The summed E-state index contributed by atoms with van der Waals surface area (Å²) in [5.41, 5.74) is 6.36. The van der Waals surface area contributed by atoms with Gasteiger partial charge >= 0.3 is 0 Å². The first-order valence-corrected chi connectivity index (χ1v) is 3.13. The Morgan fingerprint density at radius 1 is 1.60 bits per heavy atom. The van der Waals surface area contributed by atoms with E-state index in [1.165, 1.54) is 0 Å². The molecule has 54 valence electrons. The van der Waals surface area contributed by atoms with E-state index in [0.29, 0.717) is 0 Å². The molecular formula is C7H9FN2. The van der Waals surface area contributed by atoms with Crippen LogP contribution < -0.4 is 5.73 Å². The Morgan fingerprint density at radius 3 is 2.80 bits per heavy atom. The largest absolute Gasteiger partial charge is 0.396 e. The minimum absolute atomic E-state index is 0.220. The van der Waals surface area contributed by atoms with E-state index in [0.717, 1.165) is 18.2 Å². The first kappa shape index (κ1) is 6.99. The van der Waals surface area contributed by atoms with E-state index < -0.39 is 5.82 Å². The molecule has 0 spiro atoms. The summed E-state index contributed by atoms with van der Waals surface area (Å²) in [6.07, 6.45) is 3.42. The van der Waals surface area contributed by atoms with Gasteiger partial charge < -0.3 is 5.73 Å². The van der Waals surface area contributed by atoms with Gasteiger partial charge in [0.2, 0.25) is 0 Å². The molecule has 1 rings (SSSR count). The van der Waals surface area contributed by atoms with Crippen molar-refractivity contribution in [3.8, 4) is 0 Å². The van der Waals surface area contributed by atoms with Crippen molar-refractivity contribution < 1.29 is 4.39 Å². The average molecular weight is 140 g/mol. The number of aryl methyl sites for hydroxylation is 1. The highest BCUT2D eigenvalue weighted by Gasteiger charge is 2.01. The van der Waals surface area contributed by atoms with Crippen molar-refractivity contribution >= 4 is 5.69 Å². The lowest BCUT2D eigenvalue weighted by Gasteiger charge is -2.00. The number of anilines is 1. The molecular weight excluding hydrogens is 131 g/mol. The van der Waals surface area contributed by atoms with Crippen LogP contribution in [0, 0.1) is 5.82 Å². The van der Waals surface area contributed by atoms with Gasteiger partial charge in [0.25, 0.3) is 0 Å². The lowest BCUT2D eigenvalue weighted by molar-refractivity contribution is 0.624. The predicted molar refractivity (Wildman–Crippen MR) is 38.0 cm³/mol. The van der Waals surface area contributed by atoms with Crippen LogP contribution in [0.15, 0.2) is 12.4 Å². The SMILES string of the molecule is CCc1cncc(F)c1N. The maximum Gasteiger partial charge on any atom is 0.164 e. The molecule has 0 aromatic carbocycles. The fraction of sp³-hybridized carbons (Fsp3) is 0.286. The highest BCUT2D eigenvalue weighted by molar-refractivity contribution is 5.45. The highest BCUT2D eigenvalue weighted by atomic mass is 19.1. The van der Waals surface area contributed by atoms with Crippen molar-refractivity contribution in [2.24, 2.45) is 0 Å². The van der Waals surface area contributed by atoms with E-state index in [-0.39, 0.29) is 5.69 Å². The molecule has 0 atom stereocenters. The van der Waals surface area contributed by atoms with Gasteiger partial charge in [0, 0.05) is 6.20 Å². The van der Waals surface area contributed by atoms with Gasteiger partial charge in [0.1, 0.15) is 0 Å². The monoisotopic (exact) mass is 140 g/mol. The number of hydrogen-bond donors (Lipinski definition) is 1. The molecule has 1 aromatic rings. The minimum Gasteiger partial charge on any atom is -0.396 e. The van der Waals surface area contributed by atoms with Crippen LogP contribution in [0.3, 0.4) is 0 Å². The smallest absolute Gasteiger partial charge is 0.164 e. The van der Waals surface area contributed by atoms with E-state index in [1.807, 2.05) is 6.92 Å². The Bertz CT molecular complexity index is 235. The van der Waals surface area contributed by atoms with Gasteiger partial charge in [-0.25, -0.2) is 4.39 Å². The van der Waals surface area contributed by atoms with Gasteiger partial charge in [0.05, 0.1) is 11.9 Å². The van der Waals surface area contributed by atoms with Crippen molar-refractivity contribution in [3.05, 3.63) is 23.8 Å². The Morgan fingerprint density at radius 2 is 2.30 bits per heavy atom. The molecule has 0 aliphatic rings. The second-order valence-electron chi connectivity index (χ2n) is 2.05. The van der Waals surface area contributed by atoms with Gasteiger partial charge in [0.15, 0.2) is 5.82 Å². The molecule has 0 fully saturated rings. The first-order valence-electron chi connectivity index (χ1n) is 3.13. The van der Waals surface area contributed by atoms with Crippen LogP contribution in [0.25, 0.3) is 0 Å². The number of rotatable bonds is 1. The number of aromatic nitrogens is 1. The second kappa shape index (κ2) is 2.64. The summed E-state index contributed by atoms with van der Waals surface area (Å²) in [6.45, 7) is 1.91. The van der Waals surface area contributed by atoms with Crippen LogP contribution in [-0.2, 0) is 6.42 Å². The van der Waals surface area contributed by atoms with Gasteiger partial charge in [-0.3, -0.25) is 4.98 Å². The third kappa shape index (κ3) is 1.07.